The fourth-order valence-electron chi connectivity index (χ4n) is 1.75. The molecule has 1 aromatic rings. The lowest BCUT2D eigenvalue weighted by Gasteiger charge is -2.23. The molecule has 1 aromatic carbocycles. The second-order valence-electron chi connectivity index (χ2n) is 3.36. The molecule has 0 radical (unpaired) electrons. The highest BCUT2D eigenvalue weighted by molar-refractivity contribution is 6.30. The minimum absolute atomic E-state index is 0. The number of carboxylic acid groups (broad SMARTS) is 1. The zero-order valence-corrected chi connectivity index (χ0v) is 9.44. The van der Waals surface area contributed by atoms with E-state index >= 15 is 0 Å². The van der Waals surface area contributed by atoms with Crippen LogP contribution in [0.5, 0.6) is 0 Å². The number of halogens is 2. The second kappa shape index (κ2) is 4.84. The first-order valence-electron chi connectivity index (χ1n) is 4.40. The number of hydrogen-bond acceptors (Lipinski definition) is 2. The van der Waals surface area contributed by atoms with E-state index in [2.05, 4.69) is 5.32 Å². The molecule has 1 heterocycles. The Morgan fingerprint density at radius 1 is 1.53 bits per heavy atom. The van der Waals surface area contributed by atoms with Gasteiger partial charge in [-0.15, -0.1) is 12.4 Å². The molecule has 0 bridgehead atoms. The van der Waals surface area contributed by atoms with Crippen molar-refractivity contribution in [1.82, 2.24) is 5.32 Å². The van der Waals surface area contributed by atoms with E-state index in [1.54, 1.807) is 12.1 Å². The van der Waals surface area contributed by atoms with Crippen LogP contribution in [0.25, 0.3) is 0 Å². The molecule has 1 aliphatic heterocycles. The molecule has 1 unspecified atom stereocenters. The molecule has 1 atom stereocenters. The van der Waals surface area contributed by atoms with Crippen LogP contribution in [0.1, 0.15) is 17.0 Å². The van der Waals surface area contributed by atoms with Crippen LogP contribution in [-0.4, -0.2) is 17.6 Å². The van der Waals surface area contributed by atoms with Crippen molar-refractivity contribution in [2.75, 3.05) is 6.54 Å². The third-order valence-corrected chi connectivity index (χ3v) is 2.68. The number of hydrogen-bond donors (Lipinski definition) is 2. The minimum atomic E-state index is -0.791. The first-order valence-corrected chi connectivity index (χ1v) is 4.78. The van der Waals surface area contributed by atoms with Crippen LogP contribution in [0.2, 0.25) is 5.02 Å². The Hall–Kier alpha value is -0.770. The normalized spacial score (nSPS) is 18.9. The summed E-state index contributed by atoms with van der Waals surface area (Å²) in [5.41, 5.74) is 1.86. The fourth-order valence-corrected chi connectivity index (χ4v) is 1.94. The highest BCUT2D eigenvalue weighted by Crippen LogP contribution is 2.26. The number of aliphatic carboxylic acids is 1. The van der Waals surface area contributed by atoms with Crippen molar-refractivity contribution in [1.29, 1.82) is 0 Å². The fraction of sp³-hybridized carbons (Fsp3) is 0.300. The van der Waals surface area contributed by atoms with Gasteiger partial charge in [-0.2, -0.15) is 0 Å². The highest BCUT2D eigenvalue weighted by atomic mass is 35.5. The van der Waals surface area contributed by atoms with Crippen LogP contribution in [0, 0.1) is 0 Å². The summed E-state index contributed by atoms with van der Waals surface area (Å²) in [5.74, 6) is -1.24. The van der Waals surface area contributed by atoms with Gasteiger partial charge in [-0.05, 0) is 23.3 Å². The third-order valence-electron chi connectivity index (χ3n) is 2.44. The van der Waals surface area contributed by atoms with Crippen molar-refractivity contribution in [2.24, 2.45) is 0 Å². The zero-order valence-electron chi connectivity index (χ0n) is 7.87. The van der Waals surface area contributed by atoms with Crippen LogP contribution in [0.3, 0.4) is 0 Å². The molecule has 0 aliphatic carbocycles. The topological polar surface area (TPSA) is 49.3 Å². The summed E-state index contributed by atoms with van der Waals surface area (Å²) in [6.45, 7) is 1.18. The van der Waals surface area contributed by atoms with Gasteiger partial charge in [0.2, 0.25) is 0 Å². The largest absolute Gasteiger partial charge is 0.481 e. The van der Waals surface area contributed by atoms with Gasteiger partial charge in [0.15, 0.2) is 0 Å². The summed E-state index contributed by atoms with van der Waals surface area (Å²) in [6, 6.07) is 5.36. The van der Waals surface area contributed by atoms with Gasteiger partial charge in [-0.1, -0.05) is 17.7 Å². The molecule has 2 rings (SSSR count). The van der Waals surface area contributed by atoms with E-state index in [1.165, 1.54) is 0 Å². The predicted octanol–water partition coefficient (Wildman–Crippen LogP) is 2.03. The van der Waals surface area contributed by atoms with Crippen molar-refractivity contribution in [3.8, 4) is 0 Å². The molecule has 0 amide bonds. The number of benzene rings is 1. The van der Waals surface area contributed by atoms with Gasteiger partial charge >= 0.3 is 5.97 Å². The monoisotopic (exact) mass is 247 g/mol. The number of carbonyl (C=O) groups is 1. The van der Waals surface area contributed by atoms with Crippen molar-refractivity contribution in [3.63, 3.8) is 0 Å². The Morgan fingerprint density at radius 3 is 2.93 bits per heavy atom. The molecule has 0 saturated carbocycles. The predicted molar refractivity (Wildman–Crippen MR) is 60.8 cm³/mol. The second-order valence-corrected chi connectivity index (χ2v) is 3.80. The molecule has 0 saturated heterocycles. The molecule has 1 aliphatic rings. The van der Waals surface area contributed by atoms with Gasteiger partial charge in [0.1, 0.15) is 0 Å². The molecule has 0 aromatic heterocycles. The lowest BCUT2D eigenvalue weighted by Crippen LogP contribution is -2.32. The van der Waals surface area contributed by atoms with Gasteiger partial charge in [0, 0.05) is 18.1 Å². The smallest absolute Gasteiger partial charge is 0.312 e. The Labute approximate surface area is 98.8 Å². The molecule has 15 heavy (non-hydrogen) atoms. The molecule has 5 heteroatoms. The molecule has 0 fully saturated rings. The maximum absolute atomic E-state index is 10.9. The first-order chi connectivity index (χ1) is 6.68. The quantitative estimate of drug-likeness (QED) is 0.799. The maximum atomic E-state index is 10.9. The lowest BCUT2D eigenvalue weighted by atomic mass is 9.91. The van der Waals surface area contributed by atoms with Crippen molar-refractivity contribution in [2.45, 2.75) is 12.5 Å². The Balaban J connectivity index is 0.00000112. The molecular formula is C10H11Cl2NO2. The van der Waals surface area contributed by atoms with Crippen LogP contribution in [-0.2, 0) is 11.3 Å². The van der Waals surface area contributed by atoms with E-state index in [1.807, 2.05) is 6.07 Å². The lowest BCUT2D eigenvalue weighted by molar-refractivity contribution is -0.138. The average Bonchev–Trinajstić information content (AvgIpc) is 2.16. The molecule has 82 valence electrons. The zero-order chi connectivity index (χ0) is 10.1. The van der Waals surface area contributed by atoms with Gasteiger partial charge in [-0.25, -0.2) is 0 Å². The van der Waals surface area contributed by atoms with E-state index < -0.39 is 11.9 Å². The highest BCUT2D eigenvalue weighted by Gasteiger charge is 2.25. The van der Waals surface area contributed by atoms with Gasteiger partial charge in [0.05, 0.1) is 5.92 Å². The summed E-state index contributed by atoms with van der Waals surface area (Å²) in [4.78, 5) is 10.9. The van der Waals surface area contributed by atoms with Crippen LogP contribution >= 0.6 is 24.0 Å². The molecule has 0 spiro atoms. The van der Waals surface area contributed by atoms with E-state index in [0.29, 0.717) is 18.1 Å². The number of nitrogens with one attached hydrogen (secondary N) is 1. The number of fused-ring (bicyclic) bond motifs is 1. The van der Waals surface area contributed by atoms with Crippen molar-refractivity contribution < 1.29 is 9.90 Å². The number of carboxylic acids is 1. The molecular weight excluding hydrogens is 237 g/mol. The summed E-state index contributed by atoms with van der Waals surface area (Å²) in [6.07, 6.45) is 0. The van der Waals surface area contributed by atoms with Gasteiger partial charge < -0.3 is 10.4 Å². The van der Waals surface area contributed by atoms with Crippen molar-refractivity contribution in [3.05, 3.63) is 34.3 Å². The summed E-state index contributed by atoms with van der Waals surface area (Å²) < 4.78 is 0. The van der Waals surface area contributed by atoms with Crippen molar-refractivity contribution >= 4 is 30.0 Å². The SMILES string of the molecule is Cl.O=C(O)C1CNCc2cc(Cl)ccc21. The summed E-state index contributed by atoms with van der Waals surface area (Å²) >= 11 is 5.83. The van der Waals surface area contributed by atoms with E-state index in [0.717, 1.165) is 11.1 Å². The Kier molecular flexibility index (Phi) is 3.97. The van der Waals surface area contributed by atoms with Crippen LogP contribution in [0.4, 0.5) is 0 Å². The Morgan fingerprint density at radius 2 is 2.27 bits per heavy atom. The summed E-state index contributed by atoms with van der Waals surface area (Å²) in [5, 5.41) is 12.7. The Bertz CT molecular complexity index is 382. The van der Waals surface area contributed by atoms with Crippen LogP contribution < -0.4 is 5.32 Å². The van der Waals surface area contributed by atoms with E-state index in [9.17, 15) is 4.79 Å². The first kappa shape index (κ1) is 12.3. The molecule has 3 nitrogen and oxygen atoms in total. The van der Waals surface area contributed by atoms with Gasteiger partial charge in [-0.3, -0.25) is 4.79 Å². The van der Waals surface area contributed by atoms with E-state index in [-0.39, 0.29) is 12.4 Å². The maximum Gasteiger partial charge on any atom is 0.312 e. The minimum Gasteiger partial charge on any atom is -0.481 e. The van der Waals surface area contributed by atoms with Gasteiger partial charge in [0.25, 0.3) is 0 Å². The number of rotatable bonds is 1. The average molecular weight is 248 g/mol. The standard InChI is InChI=1S/C10H10ClNO2.ClH/c11-7-1-2-8-6(3-7)4-12-5-9(8)10(13)14;/h1-3,9,12H,4-5H2,(H,13,14);1H. The third kappa shape index (κ3) is 2.43. The van der Waals surface area contributed by atoms with E-state index in [4.69, 9.17) is 16.7 Å². The van der Waals surface area contributed by atoms with Crippen LogP contribution in [0.15, 0.2) is 18.2 Å². The molecule has 2 N–H and O–H groups in total. The summed E-state index contributed by atoms with van der Waals surface area (Å²) in [7, 11) is 0.